The van der Waals surface area contributed by atoms with Gasteiger partial charge in [0.15, 0.2) is 0 Å². The fourth-order valence-electron chi connectivity index (χ4n) is 1.96. The van der Waals surface area contributed by atoms with Crippen molar-refractivity contribution in [1.29, 1.82) is 0 Å². The molecule has 0 amide bonds. The molecule has 0 rings (SSSR count). The maximum Gasteiger partial charge on any atom is 0.0700 e. The molecule has 0 saturated carbocycles. The Morgan fingerprint density at radius 2 is 1.26 bits per heavy atom. The van der Waals surface area contributed by atoms with Gasteiger partial charge in [-0.2, -0.15) is 0 Å². The van der Waals surface area contributed by atoms with Crippen LogP contribution in [-0.4, -0.2) is 26.4 Å². The van der Waals surface area contributed by atoms with Crippen LogP contribution in [0.15, 0.2) is 0 Å². The first kappa shape index (κ1) is 18.9. The highest BCUT2D eigenvalue weighted by Gasteiger charge is 1.98. The number of rotatable bonds is 15. The molecule has 2 heteroatoms. The smallest absolute Gasteiger partial charge is 0.0700 e. The minimum absolute atomic E-state index is 0.674. The van der Waals surface area contributed by atoms with Crippen molar-refractivity contribution in [2.75, 3.05) is 26.4 Å². The molecule has 0 aliphatic carbocycles. The quantitative estimate of drug-likeness (QED) is 0.381. The van der Waals surface area contributed by atoms with Gasteiger partial charge in [0.25, 0.3) is 0 Å². The van der Waals surface area contributed by atoms with E-state index >= 15 is 0 Å². The standard InChI is InChI=1S/C17H36O2/c1-4-6-7-8-9-10-11-12-13-18-14-15-19-16-17(3)5-2/h17H,4-16H2,1-3H3. The number of hydrogen-bond donors (Lipinski definition) is 0. The lowest BCUT2D eigenvalue weighted by Crippen LogP contribution is -2.10. The highest BCUT2D eigenvalue weighted by atomic mass is 16.5. The molecule has 0 aliphatic heterocycles. The van der Waals surface area contributed by atoms with Gasteiger partial charge in [-0.3, -0.25) is 0 Å². The van der Waals surface area contributed by atoms with Crippen LogP contribution in [0.4, 0.5) is 0 Å². The molecule has 0 aliphatic rings. The summed E-state index contributed by atoms with van der Waals surface area (Å²) in [4.78, 5) is 0. The molecule has 0 aromatic heterocycles. The van der Waals surface area contributed by atoms with E-state index < -0.39 is 0 Å². The third-order valence-electron chi connectivity index (χ3n) is 3.61. The molecule has 0 radical (unpaired) electrons. The highest BCUT2D eigenvalue weighted by molar-refractivity contribution is 4.47. The lowest BCUT2D eigenvalue weighted by atomic mass is 10.1. The zero-order valence-electron chi connectivity index (χ0n) is 13.6. The van der Waals surface area contributed by atoms with Gasteiger partial charge in [0, 0.05) is 13.2 Å². The zero-order chi connectivity index (χ0) is 14.2. The van der Waals surface area contributed by atoms with Crippen molar-refractivity contribution < 1.29 is 9.47 Å². The van der Waals surface area contributed by atoms with Crippen LogP contribution >= 0.6 is 0 Å². The van der Waals surface area contributed by atoms with Crippen molar-refractivity contribution in [2.24, 2.45) is 5.92 Å². The molecule has 0 saturated heterocycles. The normalized spacial score (nSPS) is 12.8. The van der Waals surface area contributed by atoms with Crippen LogP contribution in [0.3, 0.4) is 0 Å². The van der Waals surface area contributed by atoms with Crippen LogP contribution in [0, 0.1) is 5.92 Å². The summed E-state index contributed by atoms with van der Waals surface area (Å²) in [5, 5.41) is 0. The van der Waals surface area contributed by atoms with Crippen LogP contribution < -0.4 is 0 Å². The second kappa shape index (κ2) is 16.0. The first-order valence-corrected chi connectivity index (χ1v) is 8.46. The Balaban J connectivity index is 2.95. The Bertz CT molecular complexity index is 159. The summed E-state index contributed by atoms with van der Waals surface area (Å²) in [6, 6.07) is 0. The second-order valence-electron chi connectivity index (χ2n) is 5.68. The van der Waals surface area contributed by atoms with E-state index in [9.17, 15) is 0 Å². The van der Waals surface area contributed by atoms with E-state index in [0.29, 0.717) is 5.92 Å². The zero-order valence-corrected chi connectivity index (χ0v) is 13.6. The first-order chi connectivity index (χ1) is 9.31. The van der Waals surface area contributed by atoms with Gasteiger partial charge >= 0.3 is 0 Å². The second-order valence-corrected chi connectivity index (χ2v) is 5.68. The molecular formula is C17H36O2. The Hall–Kier alpha value is -0.0800. The van der Waals surface area contributed by atoms with E-state index in [-0.39, 0.29) is 0 Å². The Morgan fingerprint density at radius 1 is 0.684 bits per heavy atom. The minimum atomic E-state index is 0.674. The third kappa shape index (κ3) is 15.9. The van der Waals surface area contributed by atoms with Crippen molar-refractivity contribution in [3.63, 3.8) is 0 Å². The van der Waals surface area contributed by atoms with E-state index in [1.807, 2.05) is 0 Å². The van der Waals surface area contributed by atoms with Gasteiger partial charge in [0.05, 0.1) is 13.2 Å². The largest absolute Gasteiger partial charge is 0.379 e. The highest BCUT2D eigenvalue weighted by Crippen LogP contribution is 2.08. The maximum atomic E-state index is 5.57. The van der Waals surface area contributed by atoms with Crippen LogP contribution in [0.25, 0.3) is 0 Å². The number of unbranched alkanes of at least 4 members (excludes halogenated alkanes) is 7. The van der Waals surface area contributed by atoms with Crippen molar-refractivity contribution >= 4 is 0 Å². The van der Waals surface area contributed by atoms with E-state index in [1.165, 1.54) is 57.8 Å². The summed E-state index contributed by atoms with van der Waals surface area (Å²) in [7, 11) is 0. The van der Waals surface area contributed by atoms with Crippen LogP contribution in [0.5, 0.6) is 0 Å². The molecule has 1 unspecified atom stereocenters. The average Bonchev–Trinajstić information content (AvgIpc) is 2.43. The average molecular weight is 272 g/mol. The van der Waals surface area contributed by atoms with Crippen LogP contribution in [0.2, 0.25) is 0 Å². The Kier molecular flexibility index (Phi) is 15.9. The maximum absolute atomic E-state index is 5.57. The van der Waals surface area contributed by atoms with Crippen LogP contribution in [-0.2, 0) is 9.47 Å². The predicted molar refractivity (Wildman–Crippen MR) is 83.7 cm³/mol. The molecule has 0 aromatic carbocycles. The molecular weight excluding hydrogens is 236 g/mol. The number of hydrogen-bond acceptors (Lipinski definition) is 2. The summed E-state index contributed by atoms with van der Waals surface area (Å²) < 4.78 is 11.1. The number of ether oxygens (including phenoxy) is 2. The molecule has 2 nitrogen and oxygen atoms in total. The van der Waals surface area contributed by atoms with Gasteiger partial charge in [-0.05, 0) is 12.3 Å². The first-order valence-electron chi connectivity index (χ1n) is 8.46. The lowest BCUT2D eigenvalue weighted by molar-refractivity contribution is 0.0340. The molecule has 1 atom stereocenters. The molecule has 19 heavy (non-hydrogen) atoms. The fraction of sp³-hybridized carbons (Fsp3) is 1.00. The Morgan fingerprint density at radius 3 is 1.89 bits per heavy atom. The lowest BCUT2D eigenvalue weighted by Gasteiger charge is -2.09. The topological polar surface area (TPSA) is 18.5 Å². The molecule has 0 aromatic rings. The van der Waals surface area contributed by atoms with Crippen molar-refractivity contribution in [3.8, 4) is 0 Å². The van der Waals surface area contributed by atoms with E-state index in [1.54, 1.807) is 0 Å². The molecule has 0 N–H and O–H groups in total. The SMILES string of the molecule is CCCCCCCCCCOCCOCC(C)CC. The molecule has 0 spiro atoms. The monoisotopic (exact) mass is 272 g/mol. The van der Waals surface area contributed by atoms with Gasteiger partial charge in [0.2, 0.25) is 0 Å². The summed E-state index contributed by atoms with van der Waals surface area (Å²) >= 11 is 0. The van der Waals surface area contributed by atoms with E-state index in [0.717, 1.165) is 26.4 Å². The molecule has 0 fully saturated rings. The summed E-state index contributed by atoms with van der Waals surface area (Å²) in [5.74, 6) is 0.674. The van der Waals surface area contributed by atoms with Gasteiger partial charge in [-0.15, -0.1) is 0 Å². The fourth-order valence-corrected chi connectivity index (χ4v) is 1.96. The summed E-state index contributed by atoms with van der Waals surface area (Å²) in [6.07, 6.45) is 12.1. The van der Waals surface area contributed by atoms with Gasteiger partial charge in [-0.1, -0.05) is 72.1 Å². The van der Waals surface area contributed by atoms with Crippen LogP contribution in [0.1, 0.15) is 78.6 Å². The van der Waals surface area contributed by atoms with Crippen molar-refractivity contribution in [2.45, 2.75) is 78.6 Å². The molecule has 0 bridgehead atoms. The summed E-state index contributed by atoms with van der Waals surface area (Å²) in [5.41, 5.74) is 0. The van der Waals surface area contributed by atoms with Gasteiger partial charge in [-0.25, -0.2) is 0 Å². The van der Waals surface area contributed by atoms with E-state index in [4.69, 9.17) is 9.47 Å². The van der Waals surface area contributed by atoms with Gasteiger partial charge in [0.1, 0.15) is 0 Å². The molecule has 0 heterocycles. The third-order valence-corrected chi connectivity index (χ3v) is 3.61. The van der Waals surface area contributed by atoms with Crippen molar-refractivity contribution in [1.82, 2.24) is 0 Å². The summed E-state index contributed by atoms with van der Waals surface area (Å²) in [6.45, 7) is 9.98. The van der Waals surface area contributed by atoms with Crippen molar-refractivity contribution in [3.05, 3.63) is 0 Å². The molecule has 116 valence electrons. The Labute approximate surface area is 121 Å². The van der Waals surface area contributed by atoms with Gasteiger partial charge < -0.3 is 9.47 Å². The minimum Gasteiger partial charge on any atom is -0.379 e. The predicted octanol–water partition coefficient (Wildman–Crippen LogP) is 5.21. The van der Waals surface area contributed by atoms with E-state index in [2.05, 4.69) is 20.8 Å².